The maximum atomic E-state index is 13.6. The number of ether oxygens (including phenoxy) is 2. The van der Waals surface area contributed by atoms with Crippen molar-refractivity contribution in [1.29, 1.82) is 5.26 Å². The van der Waals surface area contributed by atoms with Crippen LogP contribution in [0.25, 0.3) is 5.57 Å². The fourth-order valence-electron chi connectivity index (χ4n) is 5.51. The first kappa shape index (κ1) is 32.5. The van der Waals surface area contributed by atoms with Gasteiger partial charge in [0.25, 0.3) is 5.91 Å². The monoisotopic (exact) mass is 605 g/mol. The molecule has 9 nitrogen and oxygen atoms in total. The van der Waals surface area contributed by atoms with Crippen molar-refractivity contribution in [2.75, 3.05) is 25.1 Å². The van der Waals surface area contributed by atoms with Crippen molar-refractivity contribution in [2.24, 2.45) is 5.92 Å². The number of anilines is 1. The molecular formula is C33H47N5O4Si. The summed E-state index contributed by atoms with van der Waals surface area (Å²) in [4.78, 5) is 32.8. The predicted octanol–water partition coefficient (Wildman–Crippen LogP) is 7.60. The molecule has 0 radical (unpaired) electrons. The van der Waals surface area contributed by atoms with Crippen LogP contribution in [0.2, 0.25) is 25.7 Å². The highest BCUT2D eigenvalue weighted by Gasteiger charge is 2.30. The van der Waals surface area contributed by atoms with Gasteiger partial charge in [0.1, 0.15) is 12.8 Å². The van der Waals surface area contributed by atoms with Crippen LogP contribution >= 0.6 is 0 Å². The minimum Gasteiger partial charge on any atom is -0.449 e. The molecule has 1 atom stereocenters. The molecule has 2 aliphatic rings. The number of carbonyl (C=O) groups is 2. The maximum Gasteiger partial charge on any atom is 0.410 e. The number of nitriles is 1. The van der Waals surface area contributed by atoms with E-state index in [1.165, 1.54) is 5.57 Å². The molecule has 1 N–H and O–H groups in total. The molecular weight excluding hydrogens is 558 g/mol. The molecule has 2 aromatic rings. The number of amides is 2. The molecule has 2 heterocycles. The van der Waals surface area contributed by atoms with Gasteiger partial charge in [-0.05, 0) is 80.2 Å². The third-order valence-electron chi connectivity index (χ3n) is 7.91. The average molecular weight is 606 g/mol. The van der Waals surface area contributed by atoms with E-state index in [1.807, 2.05) is 36.9 Å². The molecule has 10 heteroatoms. The zero-order chi connectivity index (χ0) is 31.0. The highest BCUT2D eigenvalue weighted by atomic mass is 28.3. The van der Waals surface area contributed by atoms with Crippen LogP contribution in [-0.2, 0) is 16.2 Å². The van der Waals surface area contributed by atoms with Crippen LogP contribution in [0, 0.1) is 17.2 Å². The lowest BCUT2D eigenvalue weighted by Gasteiger charge is -2.36. The van der Waals surface area contributed by atoms with E-state index in [4.69, 9.17) is 9.47 Å². The second kappa shape index (κ2) is 14.8. The summed E-state index contributed by atoms with van der Waals surface area (Å²) >= 11 is 0. The van der Waals surface area contributed by atoms with Crippen molar-refractivity contribution in [2.45, 2.75) is 97.3 Å². The third kappa shape index (κ3) is 9.04. The predicted molar refractivity (Wildman–Crippen MR) is 171 cm³/mol. The summed E-state index contributed by atoms with van der Waals surface area (Å²) in [7, 11) is -1.26. The number of nitrogens with zero attached hydrogens (tertiary/aromatic N) is 4. The van der Waals surface area contributed by atoms with E-state index >= 15 is 0 Å². The average Bonchev–Trinajstić information content (AvgIpc) is 3.42. The van der Waals surface area contributed by atoms with Crippen LogP contribution in [0.5, 0.6) is 0 Å². The summed E-state index contributed by atoms with van der Waals surface area (Å²) < 4.78 is 13.1. The second-order valence-electron chi connectivity index (χ2n) is 13.3. The van der Waals surface area contributed by atoms with Gasteiger partial charge in [-0.15, -0.1) is 0 Å². The number of benzene rings is 1. The third-order valence-corrected chi connectivity index (χ3v) is 9.62. The van der Waals surface area contributed by atoms with Crippen molar-refractivity contribution >= 4 is 31.3 Å². The summed E-state index contributed by atoms with van der Waals surface area (Å²) in [5.41, 5.74) is 4.08. The number of carbonyl (C=O) groups excluding carboxylic acids is 2. The highest BCUT2D eigenvalue weighted by Crippen LogP contribution is 2.38. The number of nitrogens with one attached hydrogen (secondary N) is 1. The fraction of sp³-hybridized carbons (Fsp3) is 0.576. The lowest BCUT2D eigenvalue weighted by atomic mass is 9.88. The molecule has 1 aliphatic heterocycles. The van der Waals surface area contributed by atoms with Crippen LogP contribution in [0.1, 0.15) is 92.3 Å². The van der Waals surface area contributed by atoms with Crippen LogP contribution in [0.15, 0.2) is 30.5 Å². The zero-order valence-electron chi connectivity index (χ0n) is 26.4. The van der Waals surface area contributed by atoms with Gasteiger partial charge in [-0.1, -0.05) is 45.6 Å². The van der Waals surface area contributed by atoms with Crippen molar-refractivity contribution in [1.82, 2.24) is 14.5 Å². The number of hydrogen-bond acceptors (Lipinski definition) is 6. The molecule has 1 fully saturated rings. The van der Waals surface area contributed by atoms with Gasteiger partial charge < -0.3 is 24.3 Å². The minimum atomic E-state index is -1.26. The van der Waals surface area contributed by atoms with Crippen molar-refractivity contribution in [3.05, 3.63) is 53.1 Å². The Balaban J connectivity index is 1.59. The molecule has 1 unspecified atom stereocenters. The van der Waals surface area contributed by atoms with Gasteiger partial charge in [0.2, 0.25) is 5.82 Å². The largest absolute Gasteiger partial charge is 0.449 e. The molecule has 0 bridgehead atoms. The summed E-state index contributed by atoms with van der Waals surface area (Å²) in [6, 6.07) is 9.06. The van der Waals surface area contributed by atoms with Gasteiger partial charge in [-0.25, -0.2) is 9.78 Å². The summed E-state index contributed by atoms with van der Waals surface area (Å²) in [6.07, 6.45) is 10.6. The van der Waals surface area contributed by atoms with Gasteiger partial charge in [-0.3, -0.25) is 4.79 Å². The number of piperidine rings is 1. The lowest BCUT2D eigenvalue weighted by Crippen LogP contribution is -2.39. The topological polar surface area (TPSA) is 109 Å². The number of aromatic nitrogens is 2. The number of rotatable bonds is 11. The SMILES string of the molecule is CC(C)COC(=O)N1CCCCC1c1ccc(NC(=O)c2nc(C#N)cn2COCC[Si](C)(C)C)c(C2=CCCCC2)c1. The van der Waals surface area contributed by atoms with Crippen LogP contribution in [-0.4, -0.2) is 54.3 Å². The molecule has 2 amide bonds. The van der Waals surface area contributed by atoms with Crippen LogP contribution < -0.4 is 5.32 Å². The van der Waals surface area contributed by atoms with Crippen molar-refractivity contribution < 1.29 is 19.1 Å². The van der Waals surface area contributed by atoms with Gasteiger partial charge in [-0.2, -0.15) is 5.26 Å². The molecule has 232 valence electrons. The number of imidazole rings is 1. The molecule has 4 rings (SSSR count). The van der Waals surface area contributed by atoms with E-state index in [9.17, 15) is 14.9 Å². The molecule has 43 heavy (non-hydrogen) atoms. The van der Waals surface area contributed by atoms with E-state index in [-0.39, 0.29) is 36.3 Å². The quantitative estimate of drug-likeness (QED) is 0.209. The van der Waals surface area contributed by atoms with Crippen LogP contribution in [0.3, 0.4) is 0 Å². The Labute approximate surface area is 257 Å². The maximum absolute atomic E-state index is 13.6. The first-order chi connectivity index (χ1) is 20.6. The van der Waals surface area contributed by atoms with Gasteiger partial charge >= 0.3 is 6.09 Å². The molecule has 1 aromatic heterocycles. The van der Waals surface area contributed by atoms with Gasteiger partial charge in [0.15, 0.2) is 5.69 Å². The van der Waals surface area contributed by atoms with E-state index in [0.29, 0.717) is 25.4 Å². The smallest absolute Gasteiger partial charge is 0.410 e. The Hall–Kier alpha value is -3.42. The first-order valence-electron chi connectivity index (χ1n) is 15.7. The van der Waals surface area contributed by atoms with E-state index in [2.05, 4.69) is 42.1 Å². The Bertz CT molecular complexity index is 1350. The Morgan fingerprint density at radius 1 is 1.19 bits per heavy atom. The Morgan fingerprint density at radius 3 is 2.70 bits per heavy atom. The summed E-state index contributed by atoms with van der Waals surface area (Å²) in [6.45, 7) is 12.8. The molecule has 1 aliphatic carbocycles. The standard InChI is InChI=1S/C33H47N5O4Si/c1-24(2)22-42-33(40)38-16-10-9-13-30(38)26-14-15-29(28(19-26)25-11-7-6-8-12-25)36-32(39)31-35-27(20-34)21-37(31)23-41-17-18-43(3,4)5/h11,14-15,19,21,24,30H,6-10,12-13,16-18,22-23H2,1-5H3,(H,36,39). The molecule has 0 spiro atoms. The second-order valence-corrected chi connectivity index (χ2v) is 18.9. The zero-order valence-corrected chi connectivity index (χ0v) is 27.4. The molecule has 1 aromatic carbocycles. The number of hydrogen-bond donors (Lipinski definition) is 1. The Morgan fingerprint density at radius 2 is 2.00 bits per heavy atom. The first-order valence-corrected chi connectivity index (χ1v) is 19.4. The number of likely N-dealkylation sites (tertiary alicyclic amines) is 1. The fourth-order valence-corrected chi connectivity index (χ4v) is 6.27. The van der Waals surface area contributed by atoms with E-state index in [1.54, 1.807) is 10.8 Å². The van der Waals surface area contributed by atoms with Crippen molar-refractivity contribution in [3.63, 3.8) is 0 Å². The summed E-state index contributed by atoms with van der Waals surface area (Å²) in [5.74, 6) is 0.0253. The van der Waals surface area contributed by atoms with E-state index in [0.717, 1.165) is 62.1 Å². The number of allylic oxidation sites excluding steroid dienone is 2. The molecule has 1 saturated heterocycles. The van der Waals surface area contributed by atoms with E-state index < -0.39 is 14.0 Å². The highest BCUT2D eigenvalue weighted by molar-refractivity contribution is 6.76. The molecule has 0 saturated carbocycles. The Kier molecular flexibility index (Phi) is 11.2. The summed E-state index contributed by atoms with van der Waals surface area (Å²) in [5, 5.41) is 12.6. The van der Waals surface area contributed by atoms with Crippen LogP contribution in [0.4, 0.5) is 10.5 Å². The lowest BCUT2D eigenvalue weighted by molar-refractivity contribution is 0.0652. The van der Waals surface area contributed by atoms with Gasteiger partial charge in [0.05, 0.1) is 12.6 Å². The normalized spacial score (nSPS) is 17.4. The van der Waals surface area contributed by atoms with Crippen molar-refractivity contribution in [3.8, 4) is 6.07 Å². The minimum absolute atomic E-state index is 0.0773. The van der Waals surface area contributed by atoms with Gasteiger partial charge in [0, 0.05) is 38.7 Å².